The summed E-state index contributed by atoms with van der Waals surface area (Å²) in [5.74, 6) is 0. The van der Waals surface area contributed by atoms with E-state index in [-0.39, 0.29) is 11.3 Å². The van der Waals surface area contributed by atoms with Crippen LogP contribution >= 0.6 is 11.6 Å². The summed E-state index contributed by atoms with van der Waals surface area (Å²) in [6, 6.07) is 15.5. The number of halogens is 1. The van der Waals surface area contributed by atoms with Crippen LogP contribution in [0.5, 0.6) is 0 Å². The summed E-state index contributed by atoms with van der Waals surface area (Å²) in [5, 5.41) is 0.406. The second-order valence-corrected chi connectivity index (χ2v) is 7.37. The van der Waals surface area contributed by atoms with Gasteiger partial charge in [0.25, 0.3) is 10.0 Å². The van der Waals surface area contributed by atoms with Gasteiger partial charge in [0, 0.05) is 18.0 Å². The van der Waals surface area contributed by atoms with Gasteiger partial charge in [0.2, 0.25) is 5.24 Å². The zero-order valence-corrected chi connectivity index (χ0v) is 13.7. The van der Waals surface area contributed by atoms with Gasteiger partial charge in [-0.15, -0.1) is 0 Å². The highest BCUT2D eigenvalue weighted by atomic mass is 35.5. The number of carbonyl (C=O) groups is 1. The quantitative estimate of drug-likeness (QED) is 0.663. The third-order valence-corrected chi connectivity index (χ3v) is 5.57. The fourth-order valence-electron chi connectivity index (χ4n) is 2.57. The number of aryl methyl sites for hydroxylation is 1. The molecule has 0 saturated heterocycles. The van der Waals surface area contributed by atoms with Gasteiger partial charge in [-0.3, -0.25) is 4.79 Å². The molecule has 3 aromatic rings. The van der Waals surface area contributed by atoms with Crippen molar-refractivity contribution in [3.63, 3.8) is 0 Å². The number of hydrogen-bond donors (Lipinski definition) is 0. The van der Waals surface area contributed by atoms with Crippen molar-refractivity contribution in [1.29, 1.82) is 0 Å². The van der Waals surface area contributed by atoms with Gasteiger partial charge in [-0.25, -0.2) is 12.4 Å². The molecular weight excluding hydrogens is 334 g/mol. The monoisotopic (exact) mass is 347 g/mol. The molecular formula is C17H14ClNO3S. The number of hydrogen-bond acceptors (Lipinski definition) is 3. The molecule has 3 rings (SSSR count). The minimum atomic E-state index is -3.65. The first-order valence-corrected chi connectivity index (χ1v) is 8.90. The zero-order valence-electron chi connectivity index (χ0n) is 12.1. The van der Waals surface area contributed by atoms with Crippen LogP contribution in [0.1, 0.15) is 12.0 Å². The van der Waals surface area contributed by atoms with Gasteiger partial charge in [0.1, 0.15) is 0 Å². The predicted molar refractivity (Wildman–Crippen MR) is 90.1 cm³/mol. The van der Waals surface area contributed by atoms with Crippen LogP contribution in [0.3, 0.4) is 0 Å². The lowest BCUT2D eigenvalue weighted by Gasteiger charge is -2.08. The molecule has 0 bridgehead atoms. The lowest BCUT2D eigenvalue weighted by molar-refractivity contribution is -0.111. The molecule has 118 valence electrons. The van der Waals surface area contributed by atoms with Crippen LogP contribution in [0.2, 0.25) is 0 Å². The van der Waals surface area contributed by atoms with Crippen molar-refractivity contribution in [2.45, 2.75) is 17.7 Å². The molecule has 1 heterocycles. The molecule has 0 saturated carbocycles. The van der Waals surface area contributed by atoms with Gasteiger partial charge < -0.3 is 0 Å². The van der Waals surface area contributed by atoms with E-state index >= 15 is 0 Å². The highest BCUT2D eigenvalue weighted by Crippen LogP contribution is 2.25. The summed E-state index contributed by atoms with van der Waals surface area (Å²) in [6.07, 6.45) is 2.24. The van der Waals surface area contributed by atoms with Crippen molar-refractivity contribution in [2.75, 3.05) is 0 Å². The topological polar surface area (TPSA) is 56.1 Å². The highest BCUT2D eigenvalue weighted by Gasteiger charge is 2.19. The number of rotatable bonds is 5. The van der Waals surface area contributed by atoms with Gasteiger partial charge in [0.05, 0.1) is 10.4 Å². The standard InChI is InChI=1S/C17H14ClNO3S/c18-17(20)10-9-13-5-4-8-16-15(13)11-12-19(16)23(21,22)14-6-2-1-3-7-14/h1-8,11-12H,9-10H2. The molecule has 6 heteroatoms. The van der Waals surface area contributed by atoms with Gasteiger partial charge >= 0.3 is 0 Å². The van der Waals surface area contributed by atoms with Gasteiger partial charge in [-0.1, -0.05) is 30.3 Å². The fraction of sp³-hybridized carbons (Fsp3) is 0.118. The average Bonchev–Trinajstić information content (AvgIpc) is 2.99. The Balaban J connectivity index is 2.10. The third kappa shape index (κ3) is 3.02. The maximum Gasteiger partial charge on any atom is 0.268 e. The van der Waals surface area contributed by atoms with Crippen LogP contribution in [-0.2, 0) is 21.2 Å². The summed E-state index contributed by atoms with van der Waals surface area (Å²) in [4.78, 5) is 11.2. The van der Waals surface area contributed by atoms with E-state index in [1.54, 1.807) is 54.7 Å². The Hall–Kier alpha value is -2.11. The maximum atomic E-state index is 12.8. The van der Waals surface area contributed by atoms with Crippen molar-refractivity contribution in [2.24, 2.45) is 0 Å². The molecule has 0 N–H and O–H groups in total. The third-order valence-electron chi connectivity index (χ3n) is 3.68. The molecule has 2 aromatic carbocycles. The van der Waals surface area contributed by atoms with E-state index in [1.807, 2.05) is 6.07 Å². The zero-order chi connectivity index (χ0) is 16.4. The fourth-order valence-corrected chi connectivity index (χ4v) is 4.04. The first-order chi connectivity index (χ1) is 11.0. The Morgan fingerprint density at radius 1 is 1.00 bits per heavy atom. The normalized spacial score (nSPS) is 11.7. The van der Waals surface area contributed by atoms with Gasteiger partial charge in [-0.05, 0) is 47.9 Å². The van der Waals surface area contributed by atoms with Crippen molar-refractivity contribution < 1.29 is 13.2 Å². The van der Waals surface area contributed by atoms with E-state index in [4.69, 9.17) is 11.6 Å². The highest BCUT2D eigenvalue weighted by molar-refractivity contribution is 7.90. The first-order valence-electron chi connectivity index (χ1n) is 7.08. The number of nitrogens with zero attached hydrogens (tertiary/aromatic N) is 1. The van der Waals surface area contributed by atoms with Crippen LogP contribution in [0, 0.1) is 0 Å². The molecule has 23 heavy (non-hydrogen) atoms. The van der Waals surface area contributed by atoms with Crippen LogP contribution in [0.15, 0.2) is 65.7 Å². The number of benzene rings is 2. The second-order valence-electron chi connectivity index (χ2n) is 5.13. The first kappa shape index (κ1) is 15.8. The Bertz CT molecular complexity index is 962. The molecule has 0 aliphatic carbocycles. The maximum absolute atomic E-state index is 12.8. The largest absolute Gasteiger partial charge is 0.281 e. The summed E-state index contributed by atoms with van der Waals surface area (Å²) < 4.78 is 26.8. The van der Waals surface area contributed by atoms with E-state index in [0.717, 1.165) is 10.9 Å². The summed E-state index contributed by atoms with van der Waals surface area (Å²) >= 11 is 5.40. The Kier molecular flexibility index (Phi) is 4.24. The van der Waals surface area contributed by atoms with Crippen LogP contribution in [-0.4, -0.2) is 17.6 Å². The minimum absolute atomic E-state index is 0.220. The SMILES string of the molecule is O=C(Cl)CCc1cccc2c1ccn2S(=O)(=O)c1ccccc1. The summed E-state index contributed by atoms with van der Waals surface area (Å²) in [6.45, 7) is 0. The molecule has 0 aliphatic heterocycles. The van der Waals surface area contributed by atoms with E-state index < -0.39 is 15.3 Å². The van der Waals surface area contributed by atoms with E-state index in [0.29, 0.717) is 11.9 Å². The summed E-state index contributed by atoms with van der Waals surface area (Å²) in [7, 11) is -3.65. The van der Waals surface area contributed by atoms with E-state index in [9.17, 15) is 13.2 Å². The molecule has 1 aromatic heterocycles. The van der Waals surface area contributed by atoms with Crippen LogP contribution in [0.25, 0.3) is 10.9 Å². The van der Waals surface area contributed by atoms with Gasteiger partial charge in [0.15, 0.2) is 0 Å². The molecule has 0 amide bonds. The van der Waals surface area contributed by atoms with Crippen molar-refractivity contribution in [3.05, 3.63) is 66.4 Å². The lowest BCUT2D eigenvalue weighted by atomic mass is 10.1. The number of fused-ring (bicyclic) bond motifs is 1. The lowest BCUT2D eigenvalue weighted by Crippen LogP contribution is -2.11. The van der Waals surface area contributed by atoms with Crippen LogP contribution < -0.4 is 0 Å². The predicted octanol–water partition coefficient (Wildman–Crippen LogP) is 3.58. The second kappa shape index (κ2) is 6.18. The molecule has 0 unspecified atom stereocenters. The van der Waals surface area contributed by atoms with Crippen molar-refractivity contribution in [3.8, 4) is 0 Å². The average molecular weight is 348 g/mol. The minimum Gasteiger partial charge on any atom is -0.281 e. The molecule has 0 radical (unpaired) electrons. The molecule has 4 nitrogen and oxygen atoms in total. The number of aromatic nitrogens is 1. The van der Waals surface area contributed by atoms with E-state index in [1.165, 1.54) is 3.97 Å². The Morgan fingerprint density at radius 2 is 1.74 bits per heavy atom. The molecule has 0 atom stereocenters. The molecule has 0 spiro atoms. The van der Waals surface area contributed by atoms with Crippen molar-refractivity contribution in [1.82, 2.24) is 3.97 Å². The Morgan fingerprint density at radius 3 is 2.43 bits per heavy atom. The van der Waals surface area contributed by atoms with Gasteiger partial charge in [-0.2, -0.15) is 0 Å². The van der Waals surface area contributed by atoms with E-state index in [2.05, 4.69) is 0 Å². The van der Waals surface area contributed by atoms with Crippen LogP contribution in [0.4, 0.5) is 0 Å². The Labute approximate surface area is 139 Å². The summed E-state index contributed by atoms with van der Waals surface area (Å²) in [5.41, 5.74) is 1.49. The van der Waals surface area contributed by atoms with Crippen molar-refractivity contribution >= 4 is 37.8 Å². The smallest absolute Gasteiger partial charge is 0.268 e. The molecule has 0 aliphatic rings. The molecule has 0 fully saturated rings. The number of carbonyl (C=O) groups excluding carboxylic acids is 1.